The van der Waals surface area contributed by atoms with Crippen molar-refractivity contribution in [3.63, 3.8) is 0 Å². The van der Waals surface area contributed by atoms with Crippen LogP contribution in [-0.4, -0.2) is 31.8 Å². The quantitative estimate of drug-likeness (QED) is 0.513. The fourth-order valence-electron chi connectivity index (χ4n) is 3.50. The summed E-state index contributed by atoms with van der Waals surface area (Å²) in [5.41, 5.74) is 0.619. The van der Waals surface area contributed by atoms with E-state index in [2.05, 4.69) is 15.4 Å². The van der Waals surface area contributed by atoms with E-state index in [0.29, 0.717) is 16.8 Å². The van der Waals surface area contributed by atoms with Gasteiger partial charge in [0.25, 0.3) is 5.91 Å². The number of pyridine rings is 1. The molecule has 9 nitrogen and oxygen atoms in total. The van der Waals surface area contributed by atoms with Gasteiger partial charge in [-0.15, -0.1) is 5.10 Å². The lowest BCUT2D eigenvalue weighted by atomic mass is 10.2. The Morgan fingerprint density at radius 1 is 1.16 bits per heavy atom. The highest BCUT2D eigenvalue weighted by Gasteiger charge is 2.30. The number of hydrogen-bond donors (Lipinski definition) is 1. The molecule has 156 valence electrons. The van der Waals surface area contributed by atoms with Crippen LogP contribution in [0.15, 0.2) is 68.9 Å². The second-order valence-corrected chi connectivity index (χ2v) is 7.40. The van der Waals surface area contributed by atoms with E-state index in [9.17, 15) is 14.4 Å². The van der Waals surface area contributed by atoms with E-state index >= 15 is 0 Å². The lowest BCUT2D eigenvalue weighted by molar-refractivity contribution is 0.0924. The van der Waals surface area contributed by atoms with Crippen LogP contribution < -0.4 is 16.4 Å². The summed E-state index contributed by atoms with van der Waals surface area (Å²) in [5.74, 6) is -0.0203. The summed E-state index contributed by atoms with van der Waals surface area (Å²) in [5, 5.41) is 7.57. The second-order valence-electron chi connectivity index (χ2n) is 7.40. The molecule has 1 aliphatic rings. The Balaban J connectivity index is 1.33. The number of fused-ring (bicyclic) bond motifs is 1. The van der Waals surface area contributed by atoms with Crippen molar-refractivity contribution in [2.24, 2.45) is 0 Å². The van der Waals surface area contributed by atoms with E-state index in [-0.39, 0.29) is 36.0 Å². The van der Waals surface area contributed by atoms with Gasteiger partial charge in [0.15, 0.2) is 17.0 Å². The van der Waals surface area contributed by atoms with Gasteiger partial charge in [-0.1, -0.05) is 12.1 Å². The molecule has 1 N–H and O–H groups in total. The van der Waals surface area contributed by atoms with E-state index in [4.69, 9.17) is 4.42 Å². The molecule has 1 aliphatic carbocycles. The van der Waals surface area contributed by atoms with Crippen LogP contribution in [0.2, 0.25) is 0 Å². The standard InChI is InChI=1S/C22H19N5O4/c28-17-12-19(31-18-6-2-1-5-16(17)18)21(29)24-10-11-26-22(30)27(15-7-8-15)20(25-26)14-4-3-9-23-13-14/h1-6,9,12-13,15H,7-8,10-11H2,(H,24,29). The lowest BCUT2D eigenvalue weighted by Crippen LogP contribution is -2.32. The summed E-state index contributed by atoms with van der Waals surface area (Å²) in [6, 6.07) is 11.7. The molecular formula is C22H19N5O4. The number of nitrogens with zero attached hydrogens (tertiary/aromatic N) is 4. The topological polar surface area (TPSA) is 112 Å². The summed E-state index contributed by atoms with van der Waals surface area (Å²) in [7, 11) is 0. The lowest BCUT2D eigenvalue weighted by Gasteiger charge is -2.05. The number of rotatable bonds is 6. The predicted molar refractivity (Wildman–Crippen MR) is 113 cm³/mol. The number of nitrogens with one attached hydrogen (secondary N) is 1. The molecule has 9 heteroatoms. The van der Waals surface area contributed by atoms with Gasteiger partial charge in [-0.3, -0.25) is 19.1 Å². The molecule has 1 aromatic carbocycles. The molecule has 3 heterocycles. The Kier molecular flexibility index (Phi) is 4.70. The molecule has 5 rings (SSSR count). The molecule has 0 bridgehead atoms. The van der Waals surface area contributed by atoms with Crippen molar-refractivity contribution in [2.45, 2.75) is 25.4 Å². The molecule has 3 aromatic heterocycles. The van der Waals surface area contributed by atoms with Crippen LogP contribution >= 0.6 is 0 Å². The Hall–Kier alpha value is -4.01. The van der Waals surface area contributed by atoms with E-state index in [1.165, 1.54) is 10.7 Å². The van der Waals surface area contributed by atoms with Gasteiger partial charge in [-0.05, 0) is 37.1 Å². The molecule has 1 amide bonds. The number of aromatic nitrogens is 4. The largest absolute Gasteiger partial charge is 0.451 e. The van der Waals surface area contributed by atoms with Crippen LogP contribution in [0.5, 0.6) is 0 Å². The zero-order chi connectivity index (χ0) is 21.4. The molecule has 0 spiro atoms. The van der Waals surface area contributed by atoms with E-state index in [1.807, 2.05) is 6.07 Å². The maximum atomic E-state index is 12.9. The summed E-state index contributed by atoms with van der Waals surface area (Å²) in [6.07, 6.45) is 5.22. The molecule has 4 aromatic rings. The zero-order valence-corrected chi connectivity index (χ0v) is 16.5. The van der Waals surface area contributed by atoms with Crippen LogP contribution in [0.3, 0.4) is 0 Å². The summed E-state index contributed by atoms with van der Waals surface area (Å²) in [6.45, 7) is 0.346. The molecule has 1 fully saturated rings. The third kappa shape index (κ3) is 3.65. The minimum atomic E-state index is -0.523. The normalized spacial score (nSPS) is 13.4. The first-order chi connectivity index (χ1) is 15.1. The van der Waals surface area contributed by atoms with Crippen LogP contribution in [-0.2, 0) is 6.54 Å². The SMILES string of the molecule is O=C(NCCn1nc(-c2cccnc2)n(C2CC2)c1=O)c1cc(=O)c2ccccc2o1. The van der Waals surface area contributed by atoms with Gasteiger partial charge in [0.2, 0.25) is 0 Å². The minimum Gasteiger partial charge on any atom is -0.451 e. The number of amides is 1. The highest BCUT2D eigenvalue weighted by Crippen LogP contribution is 2.36. The Morgan fingerprint density at radius 2 is 2.00 bits per heavy atom. The molecule has 0 aliphatic heterocycles. The van der Waals surface area contributed by atoms with Crippen molar-refractivity contribution in [1.82, 2.24) is 24.6 Å². The van der Waals surface area contributed by atoms with E-state index < -0.39 is 5.91 Å². The van der Waals surface area contributed by atoms with Crippen molar-refractivity contribution in [3.8, 4) is 11.4 Å². The van der Waals surface area contributed by atoms with Crippen molar-refractivity contribution < 1.29 is 9.21 Å². The Morgan fingerprint density at radius 3 is 2.77 bits per heavy atom. The number of hydrogen-bond acceptors (Lipinski definition) is 6. The number of benzene rings is 1. The van der Waals surface area contributed by atoms with Crippen LogP contribution in [0.25, 0.3) is 22.4 Å². The maximum absolute atomic E-state index is 12.9. The Bertz CT molecular complexity index is 1380. The number of carbonyl (C=O) groups is 1. The summed E-state index contributed by atoms with van der Waals surface area (Å²) in [4.78, 5) is 41.6. The highest BCUT2D eigenvalue weighted by molar-refractivity contribution is 5.93. The monoisotopic (exact) mass is 417 g/mol. The highest BCUT2D eigenvalue weighted by atomic mass is 16.3. The summed E-state index contributed by atoms with van der Waals surface area (Å²) < 4.78 is 8.58. The van der Waals surface area contributed by atoms with Crippen LogP contribution in [0.4, 0.5) is 0 Å². The first-order valence-corrected chi connectivity index (χ1v) is 10.0. The van der Waals surface area contributed by atoms with Gasteiger partial charge in [0.1, 0.15) is 5.58 Å². The molecule has 0 saturated heterocycles. The van der Waals surface area contributed by atoms with Crippen molar-refractivity contribution in [3.05, 3.63) is 81.3 Å². The fraction of sp³-hybridized carbons (Fsp3) is 0.227. The van der Waals surface area contributed by atoms with Gasteiger partial charge in [-0.25, -0.2) is 9.48 Å². The molecule has 0 unspecified atom stereocenters. The first kappa shape index (κ1) is 19.0. The molecule has 31 heavy (non-hydrogen) atoms. The van der Waals surface area contributed by atoms with Gasteiger partial charge >= 0.3 is 5.69 Å². The predicted octanol–water partition coefficient (Wildman–Crippen LogP) is 1.98. The van der Waals surface area contributed by atoms with Crippen molar-refractivity contribution >= 4 is 16.9 Å². The first-order valence-electron chi connectivity index (χ1n) is 10.0. The van der Waals surface area contributed by atoms with Crippen LogP contribution in [0.1, 0.15) is 29.4 Å². The third-order valence-corrected chi connectivity index (χ3v) is 5.17. The molecule has 0 radical (unpaired) electrons. The van der Waals surface area contributed by atoms with Gasteiger partial charge in [-0.2, -0.15) is 0 Å². The van der Waals surface area contributed by atoms with Gasteiger partial charge in [0.05, 0.1) is 11.9 Å². The fourth-order valence-corrected chi connectivity index (χ4v) is 3.50. The van der Waals surface area contributed by atoms with Crippen molar-refractivity contribution in [1.29, 1.82) is 0 Å². The van der Waals surface area contributed by atoms with Crippen LogP contribution in [0, 0.1) is 0 Å². The molecule has 1 saturated carbocycles. The maximum Gasteiger partial charge on any atom is 0.346 e. The number of para-hydroxylation sites is 1. The van der Waals surface area contributed by atoms with E-state index in [1.54, 1.807) is 47.3 Å². The Labute approximate surface area is 176 Å². The zero-order valence-electron chi connectivity index (χ0n) is 16.5. The average Bonchev–Trinajstić information content (AvgIpc) is 3.58. The second kappa shape index (κ2) is 7.67. The van der Waals surface area contributed by atoms with Gasteiger partial charge < -0.3 is 9.73 Å². The smallest absolute Gasteiger partial charge is 0.346 e. The average molecular weight is 417 g/mol. The number of carbonyl (C=O) groups excluding carboxylic acids is 1. The molecule has 0 atom stereocenters. The van der Waals surface area contributed by atoms with Crippen molar-refractivity contribution in [2.75, 3.05) is 6.54 Å². The van der Waals surface area contributed by atoms with E-state index in [0.717, 1.165) is 18.4 Å². The van der Waals surface area contributed by atoms with Gasteiger partial charge in [0, 0.05) is 36.6 Å². The third-order valence-electron chi connectivity index (χ3n) is 5.17. The summed E-state index contributed by atoms with van der Waals surface area (Å²) >= 11 is 0. The minimum absolute atomic E-state index is 0.0735. The molecular weight excluding hydrogens is 398 g/mol.